The van der Waals surface area contributed by atoms with E-state index in [1.807, 2.05) is 78.9 Å². The molecule has 0 unspecified atom stereocenters. The smallest absolute Gasteiger partial charge is 0.275 e. The van der Waals surface area contributed by atoms with Gasteiger partial charge in [0.15, 0.2) is 0 Å². The van der Waals surface area contributed by atoms with Gasteiger partial charge in [-0.05, 0) is 36.4 Å². The van der Waals surface area contributed by atoms with Crippen molar-refractivity contribution in [3.63, 3.8) is 0 Å². The fraction of sp³-hybridized carbons (Fsp3) is 0. The van der Waals surface area contributed by atoms with Gasteiger partial charge in [0.25, 0.3) is 5.91 Å². The summed E-state index contributed by atoms with van der Waals surface area (Å²) in [5.74, 6) is -0.250. The Balaban J connectivity index is 1.61. The maximum Gasteiger partial charge on any atom is 0.275 e. The van der Waals surface area contributed by atoms with Crippen LogP contribution in [0.5, 0.6) is 0 Å². The van der Waals surface area contributed by atoms with Gasteiger partial charge in [-0.25, -0.2) is 0 Å². The minimum absolute atomic E-state index is 0.198. The lowest BCUT2D eigenvalue weighted by molar-refractivity contribution is 0.100. The first-order chi connectivity index (χ1) is 15.2. The van der Waals surface area contributed by atoms with Crippen molar-refractivity contribution in [2.45, 2.75) is 9.79 Å². The van der Waals surface area contributed by atoms with Crippen LogP contribution < -0.4 is 16.0 Å². The Labute approximate surface area is 187 Å². The van der Waals surface area contributed by atoms with E-state index in [0.29, 0.717) is 9.88 Å². The Hall–Kier alpha value is -3.73. The first-order valence-electron chi connectivity index (χ1n) is 9.52. The van der Waals surface area contributed by atoms with Crippen molar-refractivity contribution < 1.29 is 4.79 Å². The first kappa shape index (κ1) is 19.2. The molecular weight excluding hydrogens is 424 g/mol. The number of nitrogens with one attached hydrogen (secondary N) is 1. The molecule has 4 aromatic rings. The number of nitriles is 1. The van der Waals surface area contributed by atoms with Crippen LogP contribution in [0.3, 0.4) is 0 Å². The number of carbonyl (C=O) groups excluding carboxylic acids is 1. The summed E-state index contributed by atoms with van der Waals surface area (Å²) in [5, 5.41) is 13.5. The molecule has 0 spiro atoms. The molecule has 5 nitrogen and oxygen atoms in total. The highest BCUT2D eigenvalue weighted by Gasteiger charge is 2.32. The van der Waals surface area contributed by atoms with E-state index >= 15 is 0 Å². The highest BCUT2D eigenvalue weighted by atomic mass is 32.2. The van der Waals surface area contributed by atoms with Gasteiger partial charge in [-0.3, -0.25) is 9.69 Å². The van der Waals surface area contributed by atoms with Crippen LogP contribution in [0, 0.1) is 11.3 Å². The van der Waals surface area contributed by atoms with Gasteiger partial charge < -0.3 is 11.1 Å². The average molecular weight is 441 g/mol. The van der Waals surface area contributed by atoms with Crippen molar-refractivity contribution >= 4 is 56.8 Å². The maximum absolute atomic E-state index is 13.8. The molecule has 0 aliphatic carbocycles. The van der Waals surface area contributed by atoms with Crippen molar-refractivity contribution in [2.24, 2.45) is 0 Å². The fourth-order valence-electron chi connectivity index (χ4n) is 3.48. The van der Waals surface area contributed by atoms with Crippen molar-refractivity contribution in [1.29, 1.82) is 5.26 Å². The number of nitrogens with two attached hydrogens (primary N) is 1. The normalized spacial score (nSPS) is 11.9. The largest absolute Gasteiger partial charge is 0.396 e. The molecule has 5 rings (SSSR count). The number of nitrogens with zero attached hydrogens (tertiary/aromatic N) is 2. The zero-order chi connectivity index (χ0) is 21.4. The third kappa shape index (κ3) is 3.32. The number of nitrogen functional groups attached to an aromatic ring is 1. The van der Waals surface area contributed by atoms with Crippen LogP contribution in [0.25, 0.3) is 0 Å². The lowest BCUT2D eigenvalue weighted by Crippen LogP contribution is -2.28. The standard InChI is InChI=1S/C24H16N4OS2/c25-14-16-21(26)22(31-23(16)27-15-8-2-1-3-9-15)24(29)28-17-10-4-6-12-19(17)30-20-13-7-5-11-18(20)28/h1-13,27H,26H2. The molecule has 0 saturated carbocycles. The molecule has 0 atom stereocenters. The molecule has 1 amide bonds. The van der Waals surface area contributed by atoms with Gasteiger partial charge in [0.1, 0.15) is 21.5 Å². The number of thiophene rings is 1. The fourth-order valence-corrected chi connectivity index (χ4v) is 5.56. The molecular formula is C24H16N4OS2. The van der Waals surface area contributed by atoms with Crippen LogP contribution in [0.1, 0.15) is 15.2 Å². The Kier molecular flexibility index (Phi) is 4.86. The number of fused-ring (bicyclic) bond motifs is 2. The van der Waals surface area contributed by atoms with Crippen LogP contribution in [0.15, 0.2) is 88.7 Å². The minimum atomic E-state index is -0.250. The number of benzene rings is 3. The third-order valence-electron chi connectivity index (χ3n) is 4.92. The van der Waals surface area contributed by atoms with Crippen LogP contribution in [-0.2, 0) is 0 Å². The van der Waals surface area contributed by atoms with Crippen LogP contribution in [0.4, 0.5) is 27.8 Å². The highest BCUT2D eigenvalue weighted by molar-refractivity contribution is 7.99. The second-order valence-corrected chi connectivity index (χ2v) is 8.93. The van der Waals surface area contributed by atoms with E-state index in [9.17, 15) is 10.1 Å². The molecule has 31 heavy (non-hydrogen) atoms. The number of amides is 1. The molecule has 0 radical (unpaired) electrons. The zero-order valence-electron chi connectivity index (χ0n) is 16.2. The molecule has 1 aromatic heterocycles. The molecule has 3 N–H and O–H groups in total. The summed E-state index contributed by atoms with van der Waals surface area (Å²) < 4.78 is 0. The van der Waals surface area contributed by atoms with Crippen LogP contribution in [0.2, 0.25) is 0 Å². The van der Waals surface area contributed by atoms with Gasteiger partial charge in [0, 0.05) is 15.5 Å². The van der Waals surface area contributed by atoms with Crippen LogP contribution in [-0.4, -0.2) is 5.91 Å². The lowest BCUT2D eigenvalue weighted by Gasteiger charge is -2.30. The van der Waals surface area contributed by atoms with Crippen molar-refractivity contribution in [2.75, 3.05) is 16.0 Å². The van der Waals surface area contributed by atoms with Gasteiger partial charge in [-0.2, -0.15) is 5.26 Å². The second kappa shape index (κ2) is 7.84. The quantitative estimate of drug-likeness (QED) is 0.386. The summed E-state index contributed by atoms with van der Waals surface area (Å²) in [7, 11) is 0. The van der Waals surface area contributed by atoms with E-state index in [1.54, 1.807) is 16.7 Å². The number of hydrogen-bond acceptors (Lipinski definition) is 6. The second-order valence-electron chi connectivity index (χ2n) is 6.83. The molecule has 3 aromatic carbocycles. The monoisotopic (exact) mass is 440 g/mol. The summed E-state index contributed by atoms with van der Waals surface area (Å²) >= 11 is 2.83. The number of hydrogen-bond donors (Lipinski definition) is 2. The van der Waals surface area contributed by atoms with E-state index in [-0.39, 0.29) is 17.2 Å². The molecule has 150 valence electrons. The minimum Gasteiger partial charge on any atom is -0.396 e. The summed E-state index contributed by atoms with van der Waals surface area (Å²) in [6.07, 6.45) is 0. The van der Waals surface area contributed by atoms with E-state index in [4.69, 9.17) is 5.73 Å². The Morgan fingerprint density at radius 1 is 0.903 bits per heavy atom. The Morgan fingerprint density at radius 2 is 1.48 bits per heavy atom. The zero-order valence-corrected chi connectivity index (χ0v) is 17.8. The average Bonchev–Trinajstić information content (AvgIpc) is 3.12. The molecule has 2 heterocycles. The molecule has 0 bridgehead atoms. The number of carbonyl (C=O) groups is 1. The predicted molar refractivity (Wildman–Crippen MR) is 127 cm³/mol. The Bertz CT molecular complexity index is 1300. The van der Waals surface area contributed by atoms with E-state index in [1.165, 1.54) is 11.3 Å². The number of rotatable bonds is 3. The summed E-state index contributed by atoms with van der Waals surface area (Å²) in [6.45, 7) is 0. The summed E-state index contributed by atoms with van der Waals surface area (Å²) in [5.41, 5.74) is 9.23. The lowest BCUT2D eigenvalue weighted by atomic mass is 10.2. The summed E-state index contributed by atoms with van der Waals surface area (Å²) in [6, 6.07) is 27.2. The van der Waals surface area contributed by atoms with Gasteiger partial charge in [0.2, 0.25) is 0 Å². The maximum atomic E-state index is 13.8. The van der Waals surface area contributed by atoms with Crippen LogP contribution >= 0.6 is 23.1 Å². The van der Waals surface area contributed by atoms with Gasteiger partial charge in [0.05, 0.1) is 17.1 Å². The van der Waals surface area contributed by atoms with Gasteiger partial charge in [-0.15, -0.1) is 11.3 Å². The first-order valence-corrected chi connectivity index (χ1v) is 11.2. The highest BCUT2D eigenvalue weighted by Crippen LogP contribution is 2.49. The number of para-hydroxylation sites is 3. The third-order valence-corrected chi connectivity index (χ3v) is 7.16. The number of anilines is 5. The van der Waals surface area contributed by atoms with Gasteiger partial charge in [-0.1, -0.05) is 54.2 Å². The van der Waals surface area contributed by atoms with Crippen molar-refractivity contribution in [3.05, 3.63) is 89.3 Å². The summed E-state index contributed by atoms with van der Waals surface area (Å²) in [4.78, 5) is 17.8. The predicted octanol–water partition coefficient (Wildman–Crippen LogP) is 6.39. The molecule has 7 heteroatoms. The van der Waals surface area contributed by atoms with E-state index in [2.05, 4.69) is 11.4 Å². The molecule has 1 aliphatic rings. The molecule has 0 saturated heterocycles. The Morgan fingerprint density at radius 3 is 2.10 bits per heavy atom. The molecule has 0 fully saturated rings. The van der Waals surface area contributed by atoms with E-state index < -0.39 is 0 Å². The SMILES string of the molecule is N#Cc1c(Nc2ccccc2)sc(C(=O)N2c3ccccc3Sc3ccccc32)c1N. The van der Waals surface area contributed by atoms with Crippen molar-refractivity contribution in [3.8, 4) is 6.07 Å². The van der Waals surface area contributed by atoms with Gasteiger partial charge >= 0.3 is 0 Å². The van der Waals surface area contributed by atoms with E-state index in [0.717, 1.165) is 26.9 Å². The van der Waals surface area contributed by atoms with Crippen molar-refractivity contribution in [1.82, 2.24) is 0 Å². The topological polar surface area (TPSA) is 82.2 Å². The molecule has 1 aliphatic heterocycles.